The number of carbonyl (C=O) groups is 1. The normalized spacial score (nSPS) is 17.4. The predicted molar refractivity (Wildman–Crippen MR) is 67.1 cm³/mol. The topological polar surface area (TPSA) is 37.3 Å². The maximum Gasteiger partial charge on any atom is 0.345 e. The molecule has 86 valence electrons. The van der Waals surface area contributed by atoms with Gasteiger partial charge in [0.05, 0.1) is 0 Å². The lowest BCUT2D eigenvalue weighted by molar-refractivity contribution is 0.0702. The number of carboxylic acid groups (broad SMARTS) is 1. The van der Waals surface area contributed by atoms with Crippen molar-refractivity contribution in [3.63, 3.8) is 0 Å². The van der Waals surface area contributed by atoms with Crippen LogP contribution in [0.2, 0.25) is 0 Å². The number of carboxylic acids is 1. The Morgan fingerprint density at radius 3 is 3.06 bits per heavy atom. The Labute approximate surface area is 99.6 Å². The van der Waals surface area contributed by atoms with Crippen LogP contribution in [-0.2, 0) is 6.42 Å². The fraction of sp³-hybridized carbons (Fsp3) is 0.462. The second kappa shape index (κ2) is 4.83. The Morgan fingerprint density at radius 2 is 2.38 bits per heavy atom. The minimum absolute atomic E-state index is 0.481. The third-order valence-electron chi connectivity index (χ3n) is 2.90. The van der Waals surface area contributed by atoms with Crippen LogP contribution in [0.1, 0.15) is 52.7 Å². The Balaban J connectivity index is 2.34. The molecule has 0 unspecified atom stereocenters. The summed E-state index contributed by atoms with van der Waals surface area (Å²) in [5.41, 5.74) is 2.55. The quantitative estimate of drug-likeness (QED) is 0.862. The maximum absolute atomic E-state index is 10.9. The Kier molecular flexibility index (Phi) is 3.44. The predicted octanol–water partition coefficient (Wildman–Crippen LogP) is 3.97. The molecule has 0 spiro atoms. The summed E-state index contributed by atoms with van der Waals surface area (Å²) < 4.78 is 0. The molecule has 1 aliphatic carbocycles. The number of hydrogen-bond donors (Lipinski definition) is 1. The number of hydrogen-bond acceptors (Lipinski definition) is 2. The second-order valence-corrected chi connectivity index (χ2v) is 5.26. The van der Waals surface area contributed by atoms with Gasteiger partial charge in [-0.2, -0.15) is 0 Å². The van der Waals surface area contributed by atoms with Gasteiger partial charge in [-0.1, -0.05) is 19.4 Å². The third-order valence-corrected chi connectivity index (χ3v) is 4.08. The van der Waals surface area contributed by atoms with Gasteiger partial charge in [0.15, 0.2) is 0 Å². The van der Waals surface area contributed by atoms with Gasteiger partial charge in [-0.05, 0) is 42.9 Å². The van der Waals surface area contributed by atoms with Crippen LogP contribution in [-0.4, -0.2) is 11.1 Å². The standard InChI is InChI=1S/C13H16O2S/c1-2-3-5-9-6-4-7-11-10(9)8-12(16-11)13(14)15/h5,8H,2-4,6-7H2,1H3,(H,14,15). The van der Waals surface area contributed by atoms with Crippen molar-refractivity contribution in [1.29, 1.82) is 0 Å². The Hall–Kier alpha value is -1.09. The first kappa shape index (κ1) is 11.4. The van der Waals surface area contributed by atoms with Crippen molar-refractivity contribution in [2.75, 3.05) is 0 Å². The zero-order valence-corrected chi connectivity index (χ0v) is 10.3. The molecule has 0 fully saturated rings. The van der Waals surface area contributed by atoms with E-state index in [0.29, 0.717) is 4.88 Å². The number of unbranched alkanes of at least 4 members (excludes halogenated alkanes) is 1. The van der Waals surface area contributed by atoms with Gasteiger partial charge in [0.25, 0.3) is 0 Å². The summed E-state index contributed by atoms with van der Waals surface area (Å²) in [4.78, 5) is 12.7. The van der Waals surface area contributed by atoms with Gasteiger partial charge in [0.2, 0.25) is 0 Å². The van der Waals surface area contributed by atoms with Crippen molar-refractivity contribution in [3.8, 4) is 0 Å². The summed E-state index contributed by atoms with van der Waals surface area (Å²) >= 11 is 1.44. The van der Waals surface area contributed by atoms with Gasteiger partial charge in [-0.25, -0.2) is 4.79 Å². The first-order valence-corrected chi connectivity index (χ1v) is 6.59. The first-order valence-electron chi connectivity index (χ1n) is 5.77. The lowest BCUT2D eigenvalue weighted by Gasteiger charge is -2.14. The van der Waals surface area contributed by atoms with E-state index in [2.05, 4.69) is 13.0 Å². The number of allylic oxidation sites excluding steroid dienone is 2. The van der Waals surface area contributed by atoms with E-state index in [1.807, 2.05) is 6.07 Å². The van der Waals surface area contributed by atoms with Crippen molar-refractivity contribution in [1.82, 2.24) is 0 Å². The molecule has 16 heavy (non-hydrogen) atoms. The van der Waals surface area contributed by atoms with E-state index in [1.165, 1.54) is 27.4 Å². The van der Waals surface area contributed by atoms with Crippen molar-refractivity contribution >= 4 is 22.9 Å². The molecule has 0 amide bonds. The number of aromatic carboxylic acids is 1. The molecule has 0 aliphatic heterocycles. The summed E-state index contributed by atoms with van der Waals surface area (Å²) in [6.07, 6.45) is 7.81. The molecular formula is C13H16O2S. The molecule has 0 atom stereocenters. The maximum atomic E-state index is 10.9. The van der Waals surface area contributed by atoms with E-state index < -0.39 is 5.97 Å². The summed E-state index contributed by atoms with van der Waals surface area (Å²) in [5.74, 6) is -0.797. The van der Waals surface area contributed by atoms with Crippen LogP contribution in [0, 0.1) is 0 Å². The highest BCUT2D eigenvalue weighted by Crippen LogP contribution is 2.36. The van der Waals surface area contributed by atoms with E-state index in [4.69, 9.17) is 5.11 Å². The molecule has 3 heteroatoms. The largest absolute Gasteiger partial charge is 0.477 e. The molecule has 1 aromatic heterocycles. The van der Waals surface area contributed by atoms with Gasteiger partial charge in [-0.3, -0.25) is 0 Å². The van der Waals surface area contributed by atoms with E-state index in [-0.39, 0.29) is 0 Å². The Morgan fingerprint density at radius 1 is 1.56 bits per heavy atom. The molecule has 0 aromatic carbocycles. The van der Waals surface area contributed by atoms with E-state index >= 15 is 0 Å². The average Bonchev–Trinajstić information content (AvgIpc) is 2.70. The molecule has 1 aromatic rings. The van der Waals surface area contributed by atoms with Crippen LogP contribution in [0.25, 0.3) is 5.57 Å². The van der Waals surface area contributed by atoms with Crippen molar-refractivity contribution in [2.24, 2.45) is 0 Å². The molecule has 1 aliphatic rings. The summed E-state index contributed by atoms with van der Waals surface area (Å²) in [6, 6.07) is 1.85. The SMILES string of the molecule is CCCC=C1CCCc2sc(C(=O)O)cc21. The van der Waals surface area contributed by atoms with Crippen LogP contribution >= 0.6 is 11.3 Å². The number of rotatable bonds is 3. The zero-order valence-electron chi connectivity index (χ0n) is 9.45. The second-order valence-electron chi connectivity index (χ2n) is 4.12. The Bertz CT molecular complexity index is 429. The summed E-state index contributed by atoms with van der Waals surface area (Å²) in [7, 11) is 0. The number of aryl methyl sites for hydroxylation is 1. The van der Waals surface area contributed by atoms with Gasteiger partial charge in [0.1, 0.15) is 4.88 Å². The molecule has 0 saturated heterocycles. The highest BCUT2D eigenvalue weighted by atomic mass is 32.1. The van der Waals surface area contributed by atoms with Gasteiger partial charge in [0, 0.05) is 4.88 Å². The van der Waals surface area contributed by atoms with Gasteiger partial charge in [-0.15, -0.1) is 11.3 Å². The molecule has 0 saturated carbocycles. The smallest absolute Gasteiger partial charge is 0.345 e. The molecule has 0 radical (unpaired) electrons. The van der Waals surface area contributed by atoms with Crippen LogP contribution in [0.15, 0.2) is 12.1 Å². The average molecular weight is 236 g/mol. The van der Waals surface area contributed by atoms with Crippen LogP contribution in [0.3, 0.4) is 0 Å². The van der Waals surface area contributed by atoms with Crippen LogP contribution in [0.4, 0.5) is 0 Å². The summed E-state index contributed by atoms with van der Waals surface area (Å²) in [6.45, 7) is 2.16. The fourth-order valence-corrected chi connectivity index (χ4v) is 3.17. The highest BCUT2D eigenvalue weighted by molar-refractivity contribution is 7.14. The summed E-state index contributed by atoms with van der Waals surface area (Å²) in [5, 5.41) is 8.99. The highest BCUT2D eigenvalue weighted by Gasteiger charge is 2.19. The van der Waals surface area contributed by atoms with E-state index in [0.717, 1.165) is 32.1 Å². The molecule has 0 bridgehead atoms. The monoisotopic (exact) mass is 236 g/mol. The van der Waals surface area contributed by atoms with Crippen LogP contribution in [0.5, 0.6) is 0 Å². The lowest BCUT2D eigenvalue weighted by atomic mass is 9.92. The van der Waals surface area contributed by atoms with E-state index in [1.54, 1.807) is 0 Å². The minimum Gasteiger partial charge on any atom is -0.477 e. The molecule has 2 rings (SSSR count). The molecule has 2 nitrogen and oxygen atoms in total. The first-order chi connectivity index (χ1) is 7.72. The van der Waals surface area contributed by atoms with Crippen molar-refractivity contribution in [2.45, 2.75) is 39.0 Å². The number of fused-ring (bicyclic) bond motifs is 1. The third kappa shape index (κ3) is 2.19. The lowest BCUT2D eigenvalue weighted by Crippen LogP contribution is -1.97. The van der Waals surface area contributed by atoms with Gasteiger partial charge >= 0.3 is 5.97 Å². The minimum atomic E-state index is -0.797. The zero-order chi connectivity index (χ0) is 11.5. The molecular weight excluding hydrogens is 220 g/mol. The molecule has 1 heterocycles. The fourth-order valence-electron chi connectivity index (χ4n) is 2.10. The van der Waals surface area contributed by atoms with Gasteiger partial charge < -0.3 is 5.11 Å². The van der Waals surface area contributed by atoms with E-state index in [9.17, 15) is 4.79 Å². The van der Waals surface area contributed by atoms with Crippen molar-refractivity contribution < 1.29 is 9.90 Å². The number of thiophene rings is 1. The van der Waals surface area contributed by atoms with Crippen molar-refractivity contribution in [3.05, 3.63) is 27.5 Å². The molecule has 1 N–H and O–H groups in total. The van der Waals surface area contributed by atoms with Crippen LogP contribution < -0.4 is 0 Å².